The summed E-state index contributed by atoms with van der Waals surface area (Å²) in [6.07, 6.45) is 5.88. The number of hydrogen-bond donors (Lipinski definition) is 2. The summed E-state index contributed by atoms with van der Waals surface area (Å²) in [5, 5.41) is 12.6. The Bertz CT molecular complexity index is 616. The molecule has 1 heterocycles. The molecule has 0 radical (unpaired) electrons. The molecule has 1 aliphatic heterocycles. The predicted octanol–water partition coefficient (Wildman–Crippen LogP) is 2.32. The summed E-state index contributed by atoms with van der Waals surface area (Å²) in [6.45, 7) is 3.15. The van der Waals surface area contributed by atoms with Crippen molar-refractivity contribution in [1.29, 1.82) is 0 Å². The average Bonchev–Trinajstić information content (AvgIpc) is 2.84. The minimum Gasteiger partial charge on any atom is -0.456 e. The molecule has 0 unspecified atom stereocenters. The third-order valence-corrected chi connectivity index (χ3v) is 3.40. The molecule has 2 N–H and O–H groups in total. The van der Waals surface area contributed by atoms with Crippen LogP contribution in [-0.4, -0.2) is 35.1 Å². The number of anilines is 1. The topological polar surface area (TPSA) is 75.6 Å². The van der Waals surface area contributed by atoms with Gasteiger partial charge >= 0.3 is 5.97 Å². The molecule has 5 heteroatoms. The van der Waals surface area contributed by atoms with Crippen molar-refractivity contribution in [3.05, 3.63) is 48.1 Å². The van der Waals surface area contributed by atoms with Gasteiger partial charge in [0.1, 0.15) is 6.10 Å². The lowest BCUT2D eigenvalue weighted by Gasteiger charge is -2.17. The first-order valence-electron chi connectivity index (χ1n) is 7.55. The van der Waals surface area contributed by atoms with E-state index >= 15 is 0 Å². The number of rotatable bonds is 6. The van der Waals surface area contributed by atoms with Gasteiger partial charge in [0.25, 0.3) is 0 Å². The van der Waals surface area contributed by atoms with Gasteiger partial charge in [0, 0.05) is 5.69 Å². The van der Waals surface area contributed by atoms with Gasteiger partial charge in [-0.25, -0.2) is 0 Å². The second-order valence-corrected chi connectivity index (χ2v) is 5.60. The van der Waals surface area contributed by atoms with Crippen molar-refractivity contribution in [3.8, 4) is 0 Å². The number of hydrogen-bond acceptors (Lipinski definition) is 5. The fraction of sp³-hybridized carbons (Fsp3) is 0.333. The molecule has 0 spiro atoms. The Morgan fingerprint density at radius 3 is 2.70 bits per heavy atom. The van der Waals surface area contributed by atoms with Crippen LogP contribution in [0, 0.1) is 0 Å². The molecule has 0 aliphatic carbocycles. The van der Waals surface area contributed by atoms with Crippen LogP contribution in [0.25, 0.3) is 6.08 Å². The second-order valence-electron chi connectivity index (χ2n) is 5.60. The highest BCUT2D eigenvalue weighted by molar-refractivity contribution is 5.91. The number of nitrogens with one attached hydrogen (secondary N) is 1. The summed E-state index contributed by atoms with van der Waals surface area (Å²) in [5.41, 5.74) is 1.79. The number of aliphatic hydroxyl groups is 1. The quantitative estimate of drug-likeness (QED) is 0.479. The maximum atomic E-state index is 11.5. The van der Waals surface area contributed by atoms with Crippen molar-refractivity contribution in [2.24, 2.45) is 0 Å². The van der Waals surface area contributed by atoms with Gasteiger partial charge in [-0.2, -0.15) is 0 Å². The van der Waals surface area contributed by atoms with Gasteiger partial charge in [0.2, 0.25) is 0 Å². The normalized spacial score (nSPS) is 22.5. The molecule has 23 heavy (non-hydrogen) atoms. The van der Waals surface area contributed by atoms with Gasteiger partial charge in [-0.15, -0.1) is 0 Å². The van der Waals surface area contributed by atoms with E-state index in [1.165, 1.54) is 13.0 Å². The fourth-order valence-corrected chi connectivity index (χ4v) is 2.27. The molecule has 0 amide bonds. The molecule has 0 aromatic heterocycles. The summed E-state index contributed by atoms with van der Waals surface area (Å²) in [4.78, 5) is 22.4. The van der Waals surface area contributed by atoms with Crippen LogP contribution in [0.15, 0.2) is 42.5 Å². The number of ether oxygens (including phenoxy) is 1. The van der Waals surface area contributed by atoms with Crippen molar-refractivity contribution < 1.29 is 19.4 Å². The Morgan fingerprint density at radius 1 is 1.39 bits per heavy atom. The summed E-state index contributed by atoms with van der Waals surface area (Å²) in [6, 6.07) is 7.38. The summed E-state index contributed by atoms with van der Waals surface area (Å²) in [7, 11) is 0. The van der Waals surface area contributed by atoms with Crippen LogP contribution in [0.3, 0.4) is 0 Å². The van der Waals surface area contributed by atoms with Crippen LogP contribution in [0.2, 0.25) is 0 Å². The van der Waals surface area contributed by atoms with E-state index in [0.717, 1.165) is 11.3 Å². The van der Waals surface area contributed by atoms with E-state index in [0.29, 0.717) is 0 Å². The number of ketones is 1. The van der Waals surface area contributed by atoms with Crippen molar-refractivity contribution in [3.63, 3.8) is 0 Å². The molecule has 0 saturated carbocycles. The lowest BCUT2D eigenvalue weighted by atomic mass is 10.1. The van der Waals surface area contributed by atoms with Gasteiger partial charge in [0.15, 0.2) is 5.78 Å². The number of esters is 1. The van der Waals surface area contributed by atoms with Crippen LogP contribution < -0.4 is 5.32 Å². The number of cyclic esters (lactones) is 1. The zero-order valence-electron chi connectivity index (χ0n) is 13.2. The van der Waals surface area contributed by atoms with Crippen LogP contribution in [0.1, 0.15) is 25.8 Å². The maximum absolute atomic E-state index is 11.5. The number of allylic oxidation sites excluding steroid dienone is 1. The molecular formula is C18H21NO4. The Hall–Kier alpha value is -2.40. The highest BCUT2D eigenvalue weighted by Gasteiger charge is 2.32. The van der Waals surface area contributed by atoms with Gasteiger partial charge in [-0.05, 0) is 43.7 Å². The lowest BCUT2D eigenvalue weighted by molar-refractivity contribution is -0.140. The summed E-state index contributed by atoms with van der Waals surface area (Å²) >= 11 is 0. The standard InChI is InChI=1S/C18H21NO4/c1-12(20)3-5-14-6-8-15(9-7-14)19-16-11-18(22)23-17(16)10-4-13(2)21/h3-10,13,16-17,19,21H,11H2,1-2H3/t13-,16+,17+/m0/s1. The predicted molar refractivity (Wildman–Crippen MR) is 88.9 cm³/mol. The molecule has 3 atom stereocenters. The van der Waals surface area contributed by atoms with Gasteiger partial charge in [0.05, 0.1) is 18.6 Å². The number of benzene rings is 1. The van der Waals surface area contributed by atoms with E-state index in [4.69, 9.17) is 4.74 Å². The number of carbonyl (C=O) groups is 2. The molecular weight excluding hydrogens is 294 g/mol. The third-order valence-electron chi connectivity index (χ3n) is 3.40. The van der Waals surface area contributed by atoms with E-state index < -0.39 is 12.2 Å². The Labute approximate surface area is 135 Å². The SMILES string of the molecule is CC(=O)C=Cc1ccc(N[C@@H]2CC(=O)O[C@@H]2C=C[C@H](C)O)cc1. The monoisotopic (exact) mass is 315 g/mol. The average molecular weight is 315 g/mol. The van der Waals surface area contributed by atoms with E-state index in [1.807, 2.05) is 24.3 Å². The first-order valence-corrected chi connectivity index (χ1v) is 7.55. The molecule has 1 aromatic rings. The Balaban J connectivity index is 2.02. The number of carbonyl (C=O) groups excluding carboxylic acids is 2. The van der Waals surface area contributed by atoms with Crippen molar-refractivity contribution in [1.82, 2.24) is 0 Å². The van der Waals surface area contributed by atoms with Gasteiger partial charge in [-0.3, -0.25) is 9.59 Å². The molecule has 1 fully saturated rings. The summed E-state index contributed by atoms with van der Waals surface area (Å²) < 4.78 is 5.24. The molecule has 5 nitrogen and oxygen atoms in total. The minimum absolute atomic E-state index is 0.00144. The van der Waals surface area contributed by atoms with Crippen LogP contribution >= 0.6 is 0 Å². The van der Waals surface area contributed by atoms with Crippen molar-refractivity contribution in [2.45, 2.75) is 38.5 Å². The smallest absolute Gasteiger partial charge is 0.308 e. The van der Waals surface area contributed by atoms with Crippen LogP contribution in [0.4, 0.5) is 5.69 Å². The zero-order valence-corrected chi connectivity index (χ0v) is 13.2. The molecule has 1 saturated heterocycles. The van der Waals surface area contributed by atoms with E-state index in [-0.39, 0.29) is 24.2 Å². The summed E-state index contributed by atoms with van der Waals surface area (Å²) in [5.74, 6) is -0.259. The van der Waals surface area contributed by atoms with E-state index in [9.17, 15) is 14.7 Å². The number of aliphatic hydroxyl groups excluding tert-OH is 1. The van der Waals surface area contributed by atoms with Crippen molar-refractivity contribution in [2.75, 3.05) is 5.32 Å². The molecule has 0 bridgehead atoms. The van der Waals surface area contributed by atoms with Gasteiger partial charge in [-0.1, -0.05) is 24.3 Å². The lowest BCUT2D eigenvalue weighted by Crippen LogP contribution is -2.27. The Kier molecular flexibility index (Phi) is 5.71. The third kappa shape index (κ3) is 5.38. The molecule has 1 aromatic carbocycles. The first kappa shape index (κ1) is 17.0. The van der Waals surface area contributed by atoms with Gasteiger partial charge < -0.3 is 15.2 Å². The highest BCUT2D eigenvalue weighted by Crippen LogP contribution is 2.22. The second kappa shape index (κ2) is 7.74. The van der Waals surface area contributed by atoms with Crippen molar-refractivity contribution >= 4 is 23.5 Å². The Morgan fingerprint density at radius 2 is 2.09 bits per heavy atom. The zero-order chi connectivity index (χ0) is 16.8. The minimum atomic E-state index is -0.581. The van der Waals surface area contributed by atoms with E-state index in [1.54, 1.807) is 25.2 Å². The molecule has 122 valence electrons. The highest BCUT2D eigenvalue weighted by atomic mass is 16.6. The van der Waals surface area contributed by atoms with E-state index in [2.05, 4.69) is 5.32 Å². The van der Waals surface area contributed by atoms with Crippen LogP contribution in [-0.2, 0) is 14.3 Å². The first-order chi connectivity index (χ1) is 10.9. The molecule has 2 rings (SSSR count). The molecule has 1 aliphatic rings. The fourth-order valence-electron chi connectivity index (χ4n) is 2.27. The maximum Gasteiger partial charge on any atom is 0.308 e. The largest absolute Gasteiger partial charge is 0.456 e. The van der Waals surface area contributed by atoms with Crippen LogP contribution in [0.5, 0.6) is 0 Å².